The third-order valence-corrected chi connectivity index (χ3v) is 3.81. The Balaban J connectivity index is 3.32. The first-order valence-electron chi connectivity index (χ1n) is 6.93. The minimum Gasteiger partial charge on any atom is -0.300 e. The average Bonchev–Trinajstić information content (AvgIpc) is 2.28. The van der Waals surface area contributed by atoms with Crippen LogP contribution in [0.3, 0.4) is 0 Å². The molecule has 0 aliphatic carbocycles. The molecule has 0 aromatic heterocycles. The summed E-state index contributed by atoms with van der Waals surface area (Å²) < 4.78 is 0. The molecule has 0 saturated heterocycles. The van der Waals surface area contributed by atoms with Gasteiger partial charge in [0.25, 0.3) is 0 Å². The normalized spacial score (nSPS) is 13.1. The fourth-order valence-electron chi connectivity index (χ4n) is 2.44. The van der Waals surface area contributed by atoms with Gasteiger partial charge in [0.1, 0.15) is 11.6 Å². The zero-order valence-electron chi connectivity index (χ0n) is 12.9. The van der Waals surface area contributed by atoms with Crippen LogP contribution in [0.2, 0.25) is 5.02 Å². The molecule has 0 radical (unpaired) electrons. The molecule has 0 bridgehead atoms. The van der Waals surface area contributed by atoms with Crippen LogP contribution in [0.4, 0.5) is 0 Å². The van der Waals surface area contributed by atoms with Crippen LogP contribution >= 0.6 is 11.6 Å². The summed E-state index contributed by atoms with van der Waals surface area (Å²) in [5.41, 5.74) is 1.87. The summed E-state index contributed by atoms with van der Waals surface area (Å²) in [6, 6.07) is 5.75. The van der Waals surface area contributed by atoms with E-state index >= 15 is 0 Å². The molecule has 0 spiro atoms. The summed E-state index contributed by atoms with van der Waals surface area (Å²) in [5, 5.41) is 0.612. The highest BCUT2D eigenvalue weighted by Crippen LogP contribution is 2.37. The number of halogens is 1. The molecule has 1 rings (SSSR count). The lowest BCUT2D eigenvalue weighted by Gasteiger charge is -2.27. The summed E-state index contributed by atoms with van der Waals surface area (Å²) in [5.74, 6) is -0.146. The second kappa shape index (κ2) is 6.53. The largest absolute Gasteiger partial charge is 0.300 e. The number of benzene rings is 1. The molecule has 3 heteroatoms. The van der Waals surface area contributed by atoms with Crippen molar-refractivity contribution in [3.63, 3.8) is 0 Å². The van der Waals surface area contributed by atoms with Crippen LogP contribution in [0, 0.1) is 0 Å². The highest BCUT2D eigenvalue weighted by Gasteiger charge is 2.27. The summed E-state index contributed by atoms with van der Waals surface area (Å²) in [7, 11) is 0. The number of carbonyl (C=O) groups excluding carboxylic acids is 2. The van der Waals surface area contributed by atoms with Crippen molar-refractivity contribution >= 4 is 23.2 Å². The summed E-state index contributed by atoms with van der Waals surface area (Å²) >= 11 is 6.35. The molecule has 0 aliphatic heterocycles. The van der Waals surface area contributed by atoms with E-state index in [1.54, 1.807) is 13.8 Å². The van der Waals surface area contributed by atoms with Crippen molar-refractivity contribution in [1.82, 2.24) is 0 Å². The van der Waals surface area contributed by atoms with Crippen LogP contribution in [0.25, 0.3) is 0 Å². The molecule has 1 atom stereocenters. The molecule has 1 unspecified atom stereocenters. The van der Waals surface area contributed by atoms with Crippen LogP contribution < -0.4 is 0 Å². The van der Waals surface area contributed by atoms with E-state index in [0.717, 1.165) is 11.1 Å². The predicted molar refractivity (Wildman–Crippen MR) is 83.5 cm³/mol. The summed E-state index contributed by atoms with van der Waals surface area (Å²) in [6.07, 6.45) is 0.927. The maximum atomic E-state index is 12.0. The third kappa shape index (κ3) is 4.17. The van der Waals surface area contributed by atoms with E-state index in [9.17, 15) is 9.59 Å². The van der Waals surface area contributed by atoms with Crippen LogP contribution in [0.1, 0.15) is 64.5 Å². The van der Waals surface area contributed by atoms with Gasteiger partial charge in [-0.05, 0) is 42.9 Å². The Morgan fingerprint density at radius 1 is 1.20 bits per heavy atom. The van der Waals surface area contributed by atoms with Gasteiger partial charge < -0.3 is 4.79 Å². The Hall–Kier alpha value is -1.15. The van der Waals surface area contributed by atoms with E-state index in [-0.39, 0.29) is 22.9 Å². The lowest BCUT2D eigenvalue weighted by atomic mass is 9.77. The first-order chi connectivity index (χ1) is 9.14. The minimum absolute atomic E-state index is 0.0600. The number of hydrogen-bond donors (Lipinski definition) is 0. The van der Waals surface area contributed by atoms with Crippen molar-refractivity contribution in [1.29, 1.82) is 0 Å². The smallest absolute Gasteiger partial charge is 0.137 e. The van der Waals surface area contributed by atoms with Crippen LogP contribution in [-0.2, 0) is 15.0 Å². The molecule has 0 amide bonds. The van der Waals surface area contributed by atoms with Crippen LogP contribution in [0.15, 0.2) is 18.2 Å². The zero-order chi connectivity index (χ0) is 15.5. The Kier molecular flexibility index (Phi) is 5.52. The molecule has 0 heterocycles. The van der Waals surface area contributed by atoms with Gasteiger partial charge in [-0.2, -0.15) is 0 Å². The van der Waals surface area contributed by atoms with Gasteiger partial charge in [-0.1, -0.05) is 44.5 Å². The third-order valence-electron chi connectivity index (χ3n) is 3.49. The van der Waals surface area contributed by atoms with E-state index < -0.39 is 0 Å². The number of hydrogen-bond acceptors (Lipinski definition) is 2. The van der Waals surface area contributed by atoms with Crippen molar-refractivity contribution < 1.29 is 9.59 Å². The molecular formula is C17H23ClO2. The molecule has 0 fully saturated rings. The van der Waals surface area contributed by atoms with E-state index in [0.29, 0.717) is 17.9 Å². The highest BCUT2D eigenvalue weighted by molar-refractivity contribution is 6.31. The fourth-order valence-corrected chi connectivity index (χ4v) is 2.75. The molecule has 0 N–H and O–H groups in total. The predicted octanol–water partition coefficient (Wildman–Crippen LogP) is 4.68. The molecule has 1 aromatic carbocycles. The Morgan fingerprint density at radius 3 is 2.25 bits per heavy atom. The topological polar surface area (TPSA) is 34.1 Å². The molecular weight excluding hydrogens is 272 g/mol. The maximum Gasteiger partial charge on any atom is 0.137 e. The highest BCUT2D eigenvalue weighted by atomic mass is 35.5. The van der Waals surface area contributed by atoms with E-state index in [1.165, 1.54) is 0 Å². The van der Waals surface area contributed by atoms with E-state index in [4.69, 9.17) is 11.6 Å². The fraction of sp³-hybridized carbons (Fsp3) is 0.529. The first kappa shape index (κ1) is 16.9. The molecule has 2 nitrogen and oxygen atoms in total. The van der Waals surface area contributed by atoms with Crippen molar-refractivity contribution in [3.05, 3.63) is 34.3 Å². The van der Waals surface area contributed by atoms with Gasteiger partial charge >= 0.3 is 0 Å². The second-order valence-electron chi connectivity index (χ2n) is 6.35. The molecule has 110 valence electrons. The van der Waals surface area contributed by atoms with Gasteiger partial charge in [0, 0.05) is 17.4 Å². The molecule has 20 heavy (non-hydrogen) atoms. The van der Waals surface area contributed by atoms with Crippen LogP contribution in [0.5, 0.6) is 0 Å². The Labute approximate surface area is 126 Å². The molecule has 0 aliphatic rings. The Morgan fingerprint density at radius 2 is 1.80 bits per heavy atom. The van der Waals surface area contributed by atoms with E-state index in [1.807, 2.05) is 18.2 Å². The van der Waals surface area contributed by atoms with Gasteiger partial charge in [-0.15, -0.1) is 0 Å². The second-order valence-corrected chi connectivity index (χ2v) is 6.76. The van der Waals surface area contributed by atoms with Crippen molar-refractivity contribution in [3.8, 4) is 0 Å². The van der Waals surface area contributed by atoms with Gasteiger partial charge in [0.05, 0.1) is 0 Å². The number of ketones is 2. The standard InChI is InChI=1S/C17H23ClO2/c1-11(19)9-10-13(12(2)20)16-14(17(3,4)5)7-6-8-15(16)18/h6-8,13H,9-10H2,1-5H3. The van der Waals surface area contributed by atoms with Crippen molar-refractivity contribution in [2.24, 2.45) is 0 Å². The first-order valence-corrected chi connectivity index (χ1v) is 7.31. The number of Topliss-reactive ketones (excluding diaryl/α,β-unsaturated/α-hetero) is 2. The molecule has 0 saturated carbocycles. The monoisotopic (exact) mass is 294 g/mol. The maximum absolute atomic E-state index is 12.0. The lowest BCUT2D eigenvalue weighted by molar-refractivity contribution is -0.119. The van der Waals surface area contributed by atoms with Gasteiger partial charge in [-0.3, -0.25) is 4.79 Å². The minimum atomic E-state index is -0.304. The van der Waals surface area contributed by atoms with Crippen molar-refractivity contribution in [2.45, 2.75) is 58.8 Å². The lowest BCUT2D eigenvalue weighted by Crippen LogP contribution is -2.20. The number of carbonyl (C=O) groups is 2. The zero-order valence-corrected chi connectivity index (χ0v) is 13.7. The Bertz CT molecular complexity index is 512. The molecule has 1 aromatic rings. The number of rotatable bonds is 5. The quantitative estimate of drug-likeness (QED) is 0.790. The van der Waals surface area contributed by atoms with Crippen LogP contribution in [-0.4, -0.2) is 11.6 Å². The summed E-state index contributed by atoms with van der Waals surface area (Å²) in [4.78, 5) is 23.2. The van der Waals surface area contributed by atoms with E-state index in [2.05, 4.69) is 20.8 Å². The van der Waals surface area contributed by atoms with Gasteiger partial charge in [-0.25, -0.2) is 0 Å². The summed E-state index contributed by atoms with van der Waals surface area (Å²) in [6.45, 7) is 9.42. The SMILES string of the molecule is CC(=O)CCC(C(C)=O)c1c(Cl)cccc1C(C)(C)C. The van der Waals surface area contributed by atoms with Gasteiger partial charge in [0.15, 0.2) is 0 Å². The average molecular weight is 295 g/mol. The van der Waals surface area contributed by atoms with Gasteiger partial charge in [0.2, 0.25) is 0 Å². The van der Waals surface area contributed by atoms with Crippen molar-refractivity contribution in [2.75, 3.05) is 0 Å².